The molecule has 1 aliphatic rings. The van der Waals surface area contributed by atoms with Crippen molar-refractivity contribution in [2.24, 2.45) is 0 Å². The normalized spacial score (nSPS) is 14.8. The fraction of sp³-hybridized carbons (Fsp3) is 0.200. The Balaban J connectivity index is 2.43. The van der Waals surface area contributed by atoms with Crippen molar-refractivity contribution >= 4 is 34.9 Å². The molecule has 2 nitrogen and oxygen atoms in total. The van der Waals surface area contributed by atoms with Gasteiger partial charge < -0.3 is 0 Å². The van der Waals surface area contributed by atoms with E-state index in [9.17, 15) is 4.79 Å². The zero-order valence-corrected chi connectivity index (χ0v) is 9.32. The summed E-state index contributed by atoms with van der Waals surface area (Å²) >= 11 is 6.82. The lowest BCUT2D eigenvalue weighted by molar-refractivity contribution is 0.0879. The maximum absolute atomic E-state index is 11.8. The largest absolute Gasteiger partial charge is 0.289 e. The summed E-state index contributed by atoms with van der Waals surface area (Å²) in [4.78, 5) is 14.1. The molecule has 0 N–H and O–H groups in total. The Kier molecular flexibility index (Phi) is 2.56. The van der Waals surface area contributed by atoms with Gasteiger partial charge in [-0.25, -0.2) is 0 Å². The molecule has 1 aromatic rings. The van der Waals surface area contributed by atoms with Crippen LogP contribution in [-0.2, 0) is 0 Å². The Hall–Kier alpha value is -0.870. The van der Waals surface area contributed by atoms with Crippen molar-refractivity contribution in [3.8, 4) is 0 Å². The van der Waals surface area contributed by atoms with E-state index in [4.69, 9.17) is 12.2 Å². The minimum atomic E-state index is 0.0277. The zero-order chi connectivity index (χ0) is 10.1. The predicted octanol–water partition coefficient (Wildman–Crippen LogP) is 2.14. The second kappa shape index (κ2) is 3.71. The molecule has 0 spiro atoms. The summed E-state index contributed by atoms with van der Waals surface area (Å²) in [5.74, 6) is 0.659. The van der Waals surface area contributed by atoms with Crippen LogP contribution in [-0.4, -0.2) is 27.9 Å². The van der Waals surface area contributed by atoms with Crippen LogP contribution in [0.25, 0.3) is 0 Å². The highest BCUT2D eigenvalue weighted by Crippen LogP contribution is 2.24. The number of thiocarbonyl (C=S) groups is 1. The quantitative estimate of drug-likeness (QED) is 0.716. The Bertz CT molecular complexity index is 368. The highest BCUT2D eigenvalue weighted by molar-refractivity contribution is 7.98. The summed E-state index contributed by atoms with van der Waals surface area (Å²) in [7, 11) is 0. The van der Waals surface area contributed by atoms with Crippen molar-refractivity contribution in [3.05, 3.63) is 35.4 Å². The van der Waals surface area contributed by atoms with E-state index in [1.807, 2.05) is 30.5 Å². The van der Waals surface area contributed by atoms with Crippen LogP contribution >= 0.6 is 24.0 Å². The van der Waals surface area contributed by atoms with E-state index in [0.717, 1.165) is 11.1 Å². The summed E-state index contributed by atoms with van der Waals surface area (Å²) in [5, 5.41) is 0. The number of benzene rings is 1. The maximum Gasteiger partial charge on any atom is 0.260 e. The van der Waals surface area contributed by atoms with Gasteiger partial charge in [0.2, 0.25) is 0 Å². The topological polar surface area (TPSA) is 20.3 Å². The first-order chi connectivity index (χ1) is 6.75. The van der Waals surface area contributed by atoms with Crippen LogP contribution in [0.4, 0.5) is 0 Å². The van der Waals surface area contributed by atoms with Crippen LogP contribution in [0, 0.1) is 0 Å². The summed E-state index contributed by atoms with van der Waals surface area (Å²) in [6.07, 6.45) is 1.96. The number of carbonyl (C=O) groups is 1. The fourth-order valence-corrected chi connectivity index (χ4v) is 2.40. The van der Waals surface area contributed by atoms with E-state index in [0.29, 0.717) is 10.9 Å². The molecule has 1 amide bonds. The summed E-state index contributed by atoms with van der Waals surface area (Å²) in [6, 6.07) is 7.49. The maximum atomic E-state index is 11.8. The van der Waals surface area contributed by atoms with Gasteiger partial charge in [-0.3, -0.25) is 9.69 Å². The molecule has 1 aliphatic heterocycles. The van der Waals surface area contributed by atoms with E-state index in [-0.39, 0.29) is 5.91 Å². The number of nitrogens with zero attached hydrogens (tertiary/aromatic N) is 1. The molecule has 2 rings (SSSR count). The van der Waals surface area contributed by atoms with E-state index in [2.05, 4.69) is 0 Å². The number of thioether (sulfide) groups is 1. The lowest BCUT2D eigenvalue weighted by Crippen LogP contribution is -2.28. The molecule has 1 heterocycles. The molecule has 72 valence electrons. The van der Waals surface area contributed by atoms with Crippen molar-refractivity contribution in [2.75, 3.05) is 12.1 Å². The highest BCUT2D eigenvalue weighted by atomic mass is 32.2. The molecular formula is C10H9NOS2. The second-order valence-electron chi connectivity index (χ2n) is 3.00. The Morgan fingerprint density at radius 1 is 1.36 bits per heavy atom. The number of amides is 1. The van der Waals surface area contributed by atoms with Crippen LogP contribution in [0.1, 0.15) is 15.9 Å². The van der Waals surface area contributed by atoms with Gasteiger partial charge >= 0.3 is 0 Å². The average molecular weight is 223 g/mol. The van der Waals surface area contributed by atoms with Gasteiger partial charge in [0.1, 0.15) is 4.99 Å². The molecule has 0 atom stereocenters. The molecule has 0 aliphatic carbocycles. The predicted molar refractivity (Wildman–Crippen MR) is 62.7 cm³/mol. The van der Waals surface area contributed by atoms with Crippen LogP contribution < -0.4 is 0 Å². The Morgan fingerprint density at radius 2 is 2.00 bits per heavy atom. The number of hydrogen-bond acceptors (Lipinski definition) is 3. The minimum absolute atomic E-state index is 0.0277. The number of carbonyl (C=O) groups excluding carboxylic acids is 1. The molecule has 0 saturated heterocycles. The Morgan fingerprint density at radius 3 is 2.57 bits per heavy atom. The Labute approximate surface area is 92.3 Å². The first-order valence-corrected chi connectivity index (χ1v) is 6.00. The van der Waals surface area contributed by atoms with Gasteiger partial charge in [-0.15, -0.1) is 11.8 Å². The molecule has 0 aromatic heterocycles. The van der Waals surface area contributed by atoms with Crippen molar-refractivity contribution < 1.29 is 4.79 Å². The van der Waals surface area contributed by atoms with Crippen LogP contribution in [0.3, 0.4) is 0 Å². The van der Waals surface area contributed by atoms with Crippen LogP contribution in [0.2, 0.25) is 0 Å². The fourth-order valence-electron chi connectivity index (χ4n) is 1.49. The molecule has 0 saturated carbocycles. The second-order valence-corrected chi connectivity index (χ2v) is 4.22. The van der Waals surface area contributed by atoms with Gasteiger partial charge in [0, 0.05) is 5.56 Å². The van der Waals surface area contributed by atoms with Gasteiger partial charge in [0.05, 0.1) is 11.4 Å². The molecule has 1 aromatic carbocycles. The zero-order valence-electron chi connectivity index (χ0n) is 7.69. The van der Waals surface area contributed by atoms with Crippen molar-refractivity contribution in [1.29, 1.82) is 0 Å². The smallest absolute Gasteiger partial charge is 0.260 e. The third kappa shape index (κ3) is 1.35. The van der Waals surface area contributed by atoms with Crippen molar-refractivity contribution in [1.82, 2.24) is 4.90 Å². The molecule has 0 radical (unpaired) electrons. The standard InChI is InChI=1S/C10H9NOS2/c1-14-6-11-9(12)7-4-2-3-5-8(7)10(11)13/h2-5H,6H2,1H3. The summed E-state index contributed by atoms with van der Waals surface area (Å²) < 4.78 is 0. The van der Waals surface area contributed by atoms with Gasteiger partial charge in [0.25, 0.3) is 5.91 Å². The van der Waals surface area contributed by atoms with Crippen molar-refractivity contribution in [3.63, 3.8) is 0 Å². The number of hydrogen-bond donors (Lipinski definition) is 0. The lowest BCUT2D eigenvalue weighted by Gasteiger charge is -2.13. The first-order valence-electron chi connectivity index (χ1n) is 4.20. The van der Waals surface area contributed by atoms with Gasteiger partial charge in [0.15, 0.2) is 0 Å². The highest BCUT2D eigenvalue weighted by Gasteiger charge is 2.31. The molecule has 14 heavy (non-hydrogen) atoms. The van der Waals surface area contributed by atoms with E-state index in [1.165, 1.54) is 0 Å². The SMILES string of the molecule is CSCN1C(=O)c2ccccc2C1=S. The van der Waals surface area contributed by atoms with Gasteiger partial charge in [-0.2, -0.15) is 0 Å². The first kappa shape index (κ1) is 9.68. The van der Waals surface area contributed by atoms with Crippen molar-refractivity contribution in [2.45, 2.75) is 0 Å². The molecule has 0 bridgehead atoms. The molecule has 0 fully saturated rings. The average Bonchev–Trinajstić information content (AvgIpc) is 2.45. The van der Waals surface area contributed by atoms with E-state index in [1.54, 1.807) is 16.7 Å². The monoisotopic (exact) mass is 223 g/mol. The van der Waals surface area contributed by atoms with Crippen LogP contribution in [0.15, 0.2) is 24.3 Å². The summed E-state index contributed by atoms with van der Waals surface area (Å²) in [5.41, 5.74) is 1.62. The number of fused-ring (bicyclic) bond motifs is 1. The van der Waals surface area contributed by atoms with Crippen LogP contribution in [0.5, 0.6) is 0 Å². The van der Waals surface area contributed by atoms with Gasteiger partial charge in [-0.05, 0) is 12.3 Å². The molecular weight excluding hydrogens is 214 g/mol. The minimum Gasteiger partial charge on any atom is -0.289 e. The molecule has 0 unspecified atom stereocenters. The van der Waals surface area contributed by atoms with E-state index < -0.39 is 0 Å². The van der Waals surface area contributed by atoms with Gasteiger partial charge in [-0.1, -0.05) is 30.4 Å². The molecule has 4 heteroatoms. The summed E-state index contributed by atoms with van der Waals surface area (Å²) in [6.45, 7) is 0. The van der Waals surface area contributed by atoms with E-state index >= 15 is 0 Å². The number of rotatable bonds is 2. The third-order valence-corrected chi connectivity index (χ3v) is 3.09. The lowest BCUT2D eigenvalue weighted by atomic mass is 10.1. The third-order valence-electron chi connectivity index (χ3n) is 2.14.